The molecule has 0 unspecified atom stereocenters. The first kappa shape index (κ1) is 20.8. The zero-order chi connectivity index (χ0) is 22.2. The van der Waals surface area contributed by atoms with E-state index < -0.39 is 10.0 Å². The van der Waals surface area contributed by atoms with E-state index in [9.17, 15) is 13.2 Å². The van der Waals surface area contributed by atoms with Gasteiger partial charge < -0.3 is 0 Å². The van der Waals surface area contributed by atoms with Crippen LogP contribution in [0.15, 0.2) is 89.8 Å². The largest absolute Gasteiger partial charge is 0.287 e. The first-order valence-electron chi connectivity index (χ1n) is 10.0. The van der Waals surface area contributed by atoms with E-state index in [1.807, 2.05) is 50.2 Å². The second-order valence-corrected chi connectivity index (χ2v) is 9.36. The molecule has 1 aromatic heterocycles. The van der Waals surface area contributed by atoms with Crippen LogP contribution >= 0.6 is 0 Å². The minimum Gasteiger partial charge on any atom is -0.287 e. The molecule has 0 N–H and O–H groups in total. The number of ketones is 1. The Morgan fingerprint density at radius 1 is 0.742 bits per heavy atom. The average Bonchev–Trinajstić information content (AvgIpc) is 3.05. The molecule has 0 saturated carbocycles. The lowest BCUT2D eigenvalue weighted by Crippen LogP contribution is -2.21. The van der Waals surface area contributed by atoms with Crippen LogP contribution in [0, 0.1) is 20.8 Å². The number of hydrogen-bond donors (Lipinski definition) is 0. The monoisotopic (exact) mass is 429 g/mol. The number of carbonyl (C=O) groups is 1. The number of benzene rings is 3. The Balaban J connectivity index is 2.04. The standard InChI is InChI=1S/C26H23NO3S/c1-18-14-16-23(17-15-18)31(29,30)27-20(3)24(21-10-6-4-7-11-21)19(2)25(27)26(28)22-12-8-5-9-13-22/h4-17H,1-3H3. The highest BCUT2D eigenvalue weighted by Gasteiger charge is 2.31. The van der Waals surface area contributed by atoms with Crippen LogP contribution in [0.3, 0.4) is 0 Å². The van der Waals surface area contributed by atoms with E-state index in [-0.39, 0.29) is 16.4 Å². The SMILES string of the molecule is Cc1ccc(S(=O)(=O)n2c(C)c(-c3ccccc3)c(C)c2C(=O)c2ccccc2)cc1. The first-order chi connectivity index (χ1) is 14.8. The maximum Gasteiger partial charge on any atom is 0.268 e. The molecule has 0 aliphatic carbocycles. The zero-order valence-electron chi connectivity index (χ0n) is 17.7. The smallest absolute Gasteiger partial charge is 0.268 e. The van der Waals surface area contributed by atoms with Gasteiger partial charge in [0.25, 0.3) is 10.0 Å². The minimum atomic E-state index is -3.98. The number of nitrogens with zero attached hydrogens (tertiary/aromatic N) is 1. The molecule has 5 heteroatoms. The average molecular weight is 430 g/mol. The molecule has 0 atom stereocenters. The van der Waals surface area contributed by atoms with Gasteiger partial charge in [-0.25, -0.2) is 12.4 Å². The van der Waals surface area contributed by atoms with E-state index in [4.69, 9.17) is 0 Å². The molecule has 1 heterocycles. The van der Waals surface area contributed by atoms with Crippen LogP contribution in [-0.4, -0.2) is 18.2 Å². The van der Waals surface area contributed by atoms with Crippen LogP contribution in [0.1, 0.15) is 32.9 Å². The summed E-state index contributed by atoms with van der Waals surface area (Å²) in [6.45, 7) is 5.47. The van der Waals surface area contributed by atoms with Crippen molar-refractivity contribution < 1.29 is 13.2 Å². The molecule has 0 fully saturated rings. The normalized spacial score (nSPS) is 11.5. The summed E-state index contributed by atoms with van der Waals surface area (Å²) >= 11 is 0. The highest BCUT2D eigenvalue weighted by atomic mass is 32.2. The van der Waals surface area contributed by atoms with E-state index in [0.717, 1.165) is 16.7 Å². The lowest BCUT2D eigenvalue weighted by molar-refractivity contribution is 0.103. The molecule has 0 saturated heterocycles. The lowest BCUT2D eigenvalue weighted by atomic mass is 9.99. The number of rotatable bonds is 5. The minimum absolute atomic E-state index is 0.151. The number of aryl methyl sites for hydroxylation is 1. The van der Waals surface area contributed by atoms with Gasteiger partial charge in [0.1, 0.15) is 5.69 Å². The number of hydrogen-bond acceptors (Lipinski definition) is 3. The van der Waals surface area contributed by atoms with E-state index in [0.29, 0.717) is 16.8 Å². The Morgan fingerprint density at radius 2 is 1.29 bits per heavy atom. The maximum atomic E-state index is 13.7. The maximum absolute atomic E-state index is 13.7. The molecule has 31 heavy (non-hydrogen) atoms. The Bertz CT molecular complexity index is 1350. The van der Waals surface area contributed by atoms with Gasteiger partial charge in [-0.2, -0.15) is 0 Å². The van der Waals surface area contributed by atoms with Gasteiger partial charge >= 0.3 is 0 Å². The predicted octanol–water partition coefficient (Wildman–Crippen LogP) is 5.55. The van der Waals surface area contributed by atoms with Crippen LogP contribution in [0.25, 0.3) is 11.1 Å². The van der Waals surface area contributed by atoms with Crippen molar-refractivity contribution in [1.29, 1.82) is 0 Å². The van der Waals surface area contributed by atoms with Crippen molar-refractivity contribution in [2.75, 3.05) is 0 Å². The molecular weight excluding hydrogens is 406 g/mol. The fraction of sp³-hybridized carbons (Fsp3) is 0.115. The van der Waals surface area contributed by atoms with E-state index >= 15 is 0 Å². The molecule has 0 aliphatic rings. The van der Waals surface area contributed by atoms with Crippen molar-refractivity contribution in [3.8, 4) is 11.1 Å². The lowest BCUT2D eigenvalue weighted by Gasteiger charge is -2.13. The van der Waals surface area contributed by atoms with Crippen molar-refractivity contribution in [2.24, 2.45) is 0 Å². The van der Waals surface area contributed by atoms with Crippen molar-refractivity contribution in [3.05, 3.63) is 113 Å². The van der Waals surface area contributed by atoms with Crippen molar-refractivity contribution in [3.63, 3.8) is 0 Å². The van der Waals surface area contributed by atoms with Crippen molar-refractivity contribution >= 4 is 15.8 Å². The van der Waals surface area contributed by atoms with Crippen molar-refractivity contribution in [1.82, 2.24) is 3.97 Å². The molecule has 0 bridgehead atoms. The summed E-state index contributed by atoms with van der Waals surface area (Å²) in [5, 5.41) is 0. The molecule has 0 spiro atoms. The Kier molecular flexibility index (Phi) is 5.38. The molecule has 0 radical (unpaired) electrons. The summed E-state index contributed by atoms with van der Waals surface area (Å²) in [6.07, 6.45) is 0. The first-order valence-corrected chi connectivity index (χ1v) is 11.5. The summed E-state index contributed by atoms with van der Waals surface area (Å²) in [7, 11) is -3.98. The van der Waals surface area contributed by atoms with Gasteiger partial charge in [0.15, 0.2) is 0 Å². The fourth-order valence-corrected chi connectivity index (χ4v) is 5.55. The van der Waals surface area contributed by atoms with Gasteiger partial charge in [0.2, 0.25) is 5.78 Å². The Morgan fingerprint density at radius 3 is 1.87 bits per heavy atom. The fourth-order valence-electron chi connectivity index (χ4n) is 3.95. The summed E-state index contributed by atoms with van der Waals surface area (Å²) in [5.74, 6) is -0.320. The molecule has 4 rings (SSSR count). The van der Waals surface area contributed by atoms with E-state index in [1.165, 1.54) is 3.97 Å². The second-order valence-electron chi connectivity index (χ2n) is 7.58. The third-order valence-corrected chi connectivity index (χ3v) is 7.28. The Labute approximate surface area is 182 Å². The third-order valence-electron chi connectivity index (χ3n) is 5.47. The second kappa shape index (κ2) is 8.00. The number of carbonyl (C=O) groups excluding carboxylic acids is 1. The van der Waals surface area contributed by atoms with Crippen LogP contribution in [0.2, 0.25) is 0 Å². The summed E-state index contributed by atoms with van der Waals surface area (Å²) in [6, 6.07) is 25.0. The van der Waals surface area contributed by atoms with Crippen LogP contribution < -0.4 is 0 Å². The molecule has 4 nitrogen and oxygen atoms in total. The molecule has 4 aromatic rings. The molecular formula is C26H23NO3S. The van der Waals surface area contributed by atoms with Gasteiger partial charge in [0, 0.05) is 16.8 Å². The van der Waals surface area contributed by atoms with Gasteiger partial charge in [-0.15, -0.1) is 0 Å². The molecule has 3 aromatic carbocycles. The van der Waals surface area contributed by atoms with Gasteiger partial charge in [-0.05, 0) is 44.0 Å². The van der Waals surface area contributed by atoms with Gasteiger partial charge in [-0.1, -0.05) is 78.4 Å². The van der Waals surface area contributed by atoms with E-state index in [2.05, 4.69) is 0 Å². The van der Waals surface area contributed by atoms with Crippen LogP contribution in [-0.2, 0) is 10.0 Å². The van der Waals surface area contributed by atoms with Crippen molar-refractivity contribution in [2.45, 2.75) is 25.7 Å². The van der Waals surface area contributed by atoms with Crippen LogP contribution in [0.5, 0.6) is 0 Å². The van der Waals surface area contributed by atoms with Gasteiger partial charge in [0.05, 0.1) is 4.90 Å². The Hall–Kier alpha value is -3.44. The van der Waals surface area contributed by atoms with Gasteiger partial charge in [-0.3, -0.25) is 4.79 Å². The summed E-state index contributed by atoms with van der Waals surface area (Å²) in [5.41, 5.74) is 4.38. The summed E-state index contributed by atoms with van der Waals surface area (Å²) < 4.78 is 28.7. The third kappa shape index (κ3) is 3.62. The molecule has 0 amide bonds. The highest BCUT2D eigenvalue weighted by molar-refractivity contribution is 7.90. The number of aromatic nitrogens is 1. The van der Waals surface area contributed by atoms with E-state index in [1.54, 1.807) is 55.5 Å². The predicted molar refractivity (Wildman–Crippen MR) is 123 cm³/mol. The van der Waals surface area contributed by atoms with Crippen LogP contribution in [0.4, 0.5) is 0 Å². The molecule has 0 aliphatic heterocycles. The highest BCUT2D eigenvalue weighted by Crippen LogP contribution is 2.35. The zero-order valence-corrected chi connectivity index (χ0v) is 18.5. The molecule has 156 valence electrons. The summed E-state index contributed by atoms with van der Waals surface area (Å²) in [4.78, 5) is 13.7. The topological polar surface area (TPSA) is 56.1 Å². The quantitative estimate of drug-likeness (QED) is 0.391.